The molecule has 1 aliphatic rings. The molecule has 2 heterocycles. The van der Waals surface area contributed by atoms with E-state index in [4.69, 9.17) is 21.1 Å². The molecule has 0 bridgehead atoms. The van der Waals surface area contributed by atoms with Gasteiger partial charge in [-0.3, -0.25) is 0 Å². The lowest BCUT2D eigenvalue weighted by molar-refractivity contribution is 0.216. The summed E-state index contributed by atoms with van der Waals surface area (Å²) in [6.07, 6.45) is 4.56. The zero-order chi connectivity index (χ0) is 21.6. The highest BCUT2D eigenvalue weighted by atomic mass is 35.5. The van der Waals surface area contributed by atoms with E-state index in [2.05, 4.69) is 22.9 Å². The fraction of sp³-hybridized carbons (Fsp3) is 0.320. The van der Waals surface area contributed by atoms with Crippen LogP contribution in [0.15, 0.2) is 60.8 Å². The number of halogens is 1. The summed E-state index contributed by atoms with van der Waals surface area (Å²) < 4.78 is 12.2. The Bertz CT molecular complexity index is 1030. The smallest absolute Gasteiger partial charge is 0.232 e. The van der Waals surface area contributed by atoms with Crippen LogP contribution >= 0.6 is 11.6 Å². The quantitative estimate of drug-likeness (QED) is 0.494. The van der Waals surface area contributed by atoms with Crippen LogP contribution in [0.5, 0.6) is 17.4 Å². The minimum absolute atomic E-state index is 0.00390. The summed E-state index contributed by atoms with van der Waals surface area (Å²) >= 11 is 6.17. The molecule has 1 saturated heterocycles. The van der Waals surface area contributed by atoms with Crippen molar-refractivity contribution in [1.82, 2.24) is 4.98 Å². The number of pyridine rings is 1. The Balaban J connectivity index is 1.47. The van der Waals surface area contributed by atoms with Gasteiger partial charge in [0.1, 0.15) is 22.6 Å². The van der Waals surface area contributed by atoms with E-state index in [0.29, 0.717) is 17.4 Å². The van der Waals surface area contributed by atoms with Crippen molar-refractivity contribution in [3.05, 3.63) is 76.9 Å². The summed E-state index contributed by atoms with van der Waals surface area (Å²) in [5.41, 5.74) is 3.02. The molecule has 1 atom stereocenters. The predicted molar refractivity (Wildman–Crippen MR) is 123 cm³/mol. The molecule has 6 heteroatoms. The molecule has 0 unspecified atom stereocenters. The van der Waals surface area contributed by atoms with Crippen LogP contribution in [0.1, 0.15) is 30.9 Å². The maximum Gasteiger partial charge on any atom is 0.232 e. The summed E-state index contributed by atoms with van der Waals surface area (Å²) in [6.45, 7) is 3.64. The maximum atomic E-state index is 10.0. The second kappa shape index (κ2) is 10.0. The van der Waals surface area contributed by atoms with Gasteiger partial charge in [-0.25, -0.2) is 4.98 Å². The fourth-order valence-electron chi connectivity index (χ4n) is 3.93. The van der Waals surface area contributed by atoms with Crippen LogP contribution in [0.4, 0.5) is 5.69 Å². The van der Waals surface area contributed by atoms with Crippen molar-refractivity contribution in [2.45, 2.75) is 38.9 Å². The van der Waals surface area contributed by atoms with Gasteiger partial charge in [0.15, 0.2) is 0 Å². The number of rotatable bonds is 8. The van der Waals surface area contributed by atoms with Crippen LogP contribution < -0.4 is 14.4 Å². The standard InChI is InChI=1S/C25H27ClN2O3/c1-2-6-18-7-3-4-9-24(18)30-20-10-11-23(19(15-20)17-29)28-14-12-21(16-28)31-25-22(26)8-5-13-27-25/h3-5,7-11,13,15,21,29H,2,6,12,14,16-17H2,1H3/t21-/m0/s1. The van der Waals surface area contributed by atoms with E-state index in [0.717, 1.165) is 48.6 Å². The SMILES string of the molecule is CCCc1ccccc1Oc1ccc(N2CC[C@H](Oc3ncccc3Cl)C2)c(CO)c1. The molecule has 1 aromatic heterocycles. The van der Waals surface area contributed by atoms with E-state index >= 15 is 0 Å². The van der Waals surface area contributed by atoms with Gasteiger partial charge in [0, 0.05) is 30.4 Å². The molecule has 162 valence electrons. The largest absolute Gasteiger partial charge is 0.471 e. The van der Waals surface area contributed by atoms with Gasteiger partial charge in [0.05, 0.1) is 13.2 Å². The fourth-order valence-corrected chi connectivity index (χ4v) is 4.09. The van der Waals surface area contributed by atoms with E-state index in [-0.39, 0.29) is 12.7 Å². The zero-order valence-corrected chi connectivity index (χ0v) is 18.4. The van der Waals surface area contributed by atoms with Crippen LogP contribution in [-0.2, 0) is 13.0 Å². The third kappa shape index (κ3) is 5.12. The number of aliphatic hydroxyl groups is 1. The van der Waals surface area contributed by atoms with Gasteiger partial charge >= 0.3 is 0 Å². The molecule has 5 nitrogen and oxygen atoms in total. The van der Waals surface area contributed by atoms with Gasteiger partial charge in [-0.05, 0) is 48.4 Å². The van der Waals surface area contributed by atoms with Gasteiger partial charge in [-0.1, -0.05) is 43.1 Å². The number of ether oxygens (including phenoxy) is 2. The van der Waals surface area contributed by atoms with Gasteiger partial charge < -0.3 is 19.5 Å². The molecular formula is C25H27ClN2O3. The van der Waals surface area contributed by atoms with Crippen LogP contribution in [0, 0.1) is 0 Å². The number of anilines is 1. The van der Waals surface area contributed by atoms with Crippen LogP contribution in [0.2, 0.25) is 5.02 Å². The molecule has 0 saturated carbocycles. The van der Waals surface area contributed by atoms with Crippen molar-refractivity contribution in [2.75, 3.05) is 18.0 Å². The van der Waals surface area contributed by atoms with Crippen molar-refractivity contribution < 1.29 is 14.6 Å². The molecule has 0 aliphatic carbocycles. The van der Waals surface area contributed by atoms with Gasteiger partial charge in [-0.15, -0.1) is 0 Å². The number of aromatic nitrogens is 1. The van der Waals surface area contributed by atoms with Gasteiger partial charge in [0.25, 0.3) is 0 Å². The highest BCUT2D eigenvalue weighted by molar-refractivity contribution is 6.31. The topological polar surface area (TPSA) is 54.8 Å². The molecule has 0 spiro atoms. The Kier molecular flexibility index (Phi) is 6.95. The van der Waals surface area contributed by atoms with Crippen LogP contribution in [0.3, 0.4) is 0 Å². The minimum atomic E-state index is -0.0583. The molecule has 4 rings (SSSR count). The molecule has 2 aromatic carbocycles. The molecule has 0 amide bonds. The molecule has 3 aromatic rings. The molecular weight excluding hydrogens is 412 g/mol. The van der Waals surface area contributed by atoms with Crippen molar-refractivity contribution in [3.63, 3.8) is 0 Å². The predicted octanol–water partition coefficient (Wildman–Crippen LogP) is 5.63. The van der Waals surface area contributed by atoms with E-state index in [9.17, 15) is 5.11 Å². The number of benzene rings is 2. The second-order valence-corrected chi connectivity index (χ2v) is 8.08. The normalized spacial score (nSPS) is 15.8. The lowest BCUT2D eigenvalue weighted by Gasteiger charge is -2.22. The first kappa shape index (κ1) is 21.5. The number of hydrogen-bond acceptors (Lipinski definition) is 5. The number of nitrogens with zero attached hydrogens (tertiary/aromatic N) is 2. The number of aryl methyl sites for hydroxylation is 1. The second-order valence-electron chi connectivity index (χ2n) is 7.67. The average Bonchev–Trinajstić information content (AvgIpc) is 3.25. The minimum Gasteiger partial charge on any atom is -0.471 e. The Morgan fingerprint density at radius 3 is 2.81 bits per heavy atom. The van der Waals surface area contributed by atoms with E-state index < -0.39 is 0 Å². The number of aliphatic hydroxyl groups excluding tert-OH is 1. The molecule has 1 N–H and O–H groups in total. The van der Waals surface area contributed by atoms with Crippen molar-refractivity contribution in [1.29, 1.82) is 0 Å². The van der Waals surface area contributed by atoms with Gasteiger partial charge in [0.2, 0.25) is 5.88 Å². The lowest BCUT2D eigenvalue weighted by atomic mass is 10.1. The Morgan fingerprint density at radius 1 is 1.13 bits per heavy atom. The number of para-hydroxylation sites is 1. The van der Waals surface area contributed by atoms with Crippen molar-refractivity contribution in [3.8, 4) is 17.4 Å². The molecule has 31 heavy (non-hydrogen) atoms. The first-order chi connectivity index (χ1) is 15.2. The zero-order valence-electron chi connectivity index (χ0n) is 17.6. The summed E-state index contributed by atoms with van der Waals surface area (Å²) in [6, 6.07) is 17.5. The van der Waals surface area contributed by atoms with Crippen LogP contribution in [0.25, 0.3) is 0 Å². The van der Waals surface area contributed by atoms with E-state index in [1.54, 1.807) is 18.3 Å². The average molecular weight is 439 g/mol. The van der Waals surface area contributed by atoms with E-state index in [1.807, 2.05) is 36.4 Å². The maximum absolute atomic E-state index is 10.0. The Hall–Kier alpha value is -2.76. The summed E-state index contributed by atoms with van der Waals surface area (Å²) in [5.74, 6) is 2.05. The first-order valence-electron chi connectivity index (χ1n) is 10.7. The third-order valence-corrected chi connectivity index (χ3v) is 5.72. The molecule has 0 radical (unpaired) electrons. The summed E-state index contributed by atoms with van der Waals surface area (Å²) in [5, 5.41) is 10.5. The summed E-state index contributed by atoms with van der Waals surface area (Å²) in [4.78, 5) is 6.44. The van der Waals surface area contributed by atoms with E-state index in [1.165, 1.54) is 5.56 Å². The van der Waals surface area contributed by atoms with Crippen molar-refractivity contribution >= 4 is 17.3 Å². The molecule has 1 fully saturated rings. The highest BCUT2D eigenvalue weighted by Gasteiger charge is 2.26. The highest BCUT2D eigenvalue weighted by Crippen LogP contribution is 2.33. The number of hydrogen-bond donors (Lipinski definition) is 1. The Labute approximate surface area is 188 Å². The molecule has 1 aliphatic heterocycles. The lowest BCUT2D eigenvalue weighted by Crippen LogP contribution is -2.25. The monoisotopic (exact) mass is 438 g/mol. The van der Waals surface area contributed by atoms with Crippen LogP contribution in [-0.4, -0.2) is 29.3 Å². The van der Waals surface area contributed by atoms with Gasteiger partial charge in [-0.2, -0.15) is 0 Å². The van der Waals surface area contributed by atoms with Crippen molar-refractivity contribution in [2.24, 2.45) is 0 Å². The third-order valence-electron chi connectivity index (χ3n) is 5.43. The first-order valence-corrected chi connectivity index (χ1v) is 11.1. The summed E-state index contributed by atoms with van der Waals surface area (Å²) in [7, 11) is 0. The Morgan fingerprint density at radius 2 is 2.00 bits per heavy atom.